The number of rotatable bonds is 5. The summed E-state index contributed by atoms with van der Waals surface area (Å²) in [5.41, 5.74) is 1.96. The quantitative estimate of drug-likeness (QED) is 0.648. The van der Waals surface area contributed by atoms with Crippen LogP contribution in [0.2, 0.25) is 0 Å². The molecule has 3 aromatic rings. The zero-order chi connectivity index (χ0) is 20.2. The van der Waals surface area contributed by atoms with E-state index in [0.29, 0.717) is 32.0 Å². The fourth-order valence-corrected chi connectivity index (χ4v) is 3.91. The van der Waals surface area contributed by atoms with Gasteiger partial charge in [-0.05, 0) is 29.6 Å². The summed E-state index contributed by atoms with van der Waals surface area (Å²) in [4.78, 5) is 29.9. The van der Waals surface area contributed by atoms with Gasteiger partial charge in [-0.25, -0.2) is 4.68 Å². The first-order valence-electron chi connectivity index (χ1n) is 9.44. The monoisotopic (exact) mass is 410 g/mol. The lowest BCUT2D eigenvalue weighted by Gasteiger charge is -2.28. The summed E-state index contributed by atoms with van der Waals surface area (Å²) >= 11 is 1.57. The first-order valence-corrected chi connectivity index (χ1v) is 10.3. The van der Waals surface area contributed by atoms with Gasteiger partial charge in [0.25, 0.3) is 5.91 Å². The van der Waals surface area contributed by atoms with Crippen molar-refractivity contribution in [1.29, 1.82) is 0 Å². The third-order valence-electron chi connectivity index (χ3n) is 4.79. The third kappa shape index (κ3) is 4.23. The molecule has 0 bridgehead atoms. The Labute approximate surface area is 173 Å². The van der Waals surface area contributed by atoms with Gasteiger partial charge >= 0.3 is 0 Å². The molecule has 2 amide bonds. The van der Waals surface area contributed by atoms with Crippen LogP contribution in [0.5, 0.6) is 0 Å². The van der Waals surface area contributed by atoms with Gasteiger partial charge in [-0.2, -0.15) is 5.10 Å². The predicted octanol–water partition coefficient (Wildman–Crippen LogP) is 2.53. The second kappa shape index (κ2) is 8.59. The highest BCUT2D eigenvalue weighted by atomic mass is 32.1. The molecule has 7 nitrogen and oxygen atoms in total. The molecule has 0 N–H and O–H groups in total. The number of carbonyl (C=O) groups excluding carboxylic acids is 2. The standard InChI is InChI=1S/C21H22N4O3S/c1-23(15-20(26)24-9-11-28-12-10-24)21(27)18-14-17(19-8-5-13-29-19)22-25(18)16-6-3-2-4-7-16/h2-8,13-14H,9-12,15H2,1H3. The average Bonchev–Trinajstić information content (AvgIpc) is 3.44. The van der Waals surface area contributed by atoms with Crippen molar-refractivity contribution in [3.05, 3.63) is 59.6 Å². The van der Waals surface area contributed by atoms with E-state index in [9.17, 15) is 9.59 Å². The number of hydrogen-bond donors (Lipinski definition) is 0. The van der Waals surface area contributed by atoms with Gasteiger partial charge in [0.15, 0.2) is 0 Å². The Bertz CT molecular complexity index is 979. The maximum atomic E-state index is 13.2. The van der Waals surface area contributed by atoms with E-state index in [2.05, 4.69) is 5.10 Å². The molecule has 0 saturated carbocycles. The molecule has 1 saturated heterocycles. The molecule has 3 heterocycles. The molecule has 1 fully saturated rings. The number of benzene rings is 1. The minimum atomic E-state index is -0.245. The second-order valence-electron chi connectivity index (χ2n) is 6.79. The minimum absolute atomic E-state index is 0.0210. The van der Waals surface area contributed by atoms with Gasteiger partial charge in [-0.1, -0.05) is 24.3 Å². The van der Waals surface area contributed by atoms with Crippen LogP contribution in [-0.4, -0.2) is 71.3 Å². The SMILES string of the molecule is CN(CC(=O)N1CCOCC1)C(=O)c1cc(-c2cccs2)nn1-c1ccccc1. The summed E-state index contributed by atoms with van der Waals surface area (Å²) in [5.74, 6) is -0.320. The molecule has 150 valence electrons. The predicted molar refractivity (Wildman–Crippen MR) is 111 cm³/mol. The molecule has 0 unspecified atom stereocenters. The lowest BCUT2D eigenvalue weighted by molar-refractivity contribution is -0.135. The summed E-state index contributed by atoms with van der Waals surface area (Å²) < 4.78 is 6.94. The third-order valence-corrected chi connectivity index (χ3v) is 5.68. The maximum absolute atomic E-state index is 13.2. The van der Waals surface area contributed by atoms with Gasteiger partial charge in [0.05, 0.1) is 30.3 Å². The summed E-state index contributed by atoms with van der Waals surface area (Å²) in [6.45, 7) is 2.21. The van der Waals surface area contributed by atoms with Crippen LogP contribution in [0.4, 0.5) is 0 Å². The number of morpholine rings is 1. The van der Waals surface area contributed by atoms with E-state index in [4.69, 9.17) is 4.74 Å². The Hall–Kier alpha value is -2.97. The minimum Gasteiger partial charge on any atom is -0.378 e. The van der Waals surface area contributed by atoms with E-state index in [1.165, 1.54) is 4.90 Å². The Kier molecular flexibility index (Phi) is 5.73. The highest BCUT2D eigenvalue weighted by molar-refractivity contribution is 7.13. The van der Waals surface area contributed by atoms with Crippen LogP contribution in [0.15, 0.2) is 53.9 Å². The molecule has 2 aromatic heterocycles. The van der Waals surface area contributed by atoms with Crippen molar-refractivity contribution in [1.82, 2.24) is 19.6 Å². The molecule has 0 atom stereocenters. The van der Waals surface area contributed by atoms with E-state index in [1.807, 2.05) is 47.8 Å². The average molecular weight is 410 g/mol. The van der Waals surface area contributed by atoms with E-state index < -0.39 is 0 Å². The zero-order valence-electron chi connectivity index (χ0n) is 16.2. The molecule has 0 aliphatic carbocycles. The summed E-state index contributed by atoms with van der Waals surface area (Å²) in [7, 11) is 1.65. The summed E-state index contributed by atoms with van der Waals surface area (Å²) in [5, 5.41) is 6.64. The van der Waals surface area contributed by atoms with Crippen molar-refractivity contribution in [2.24, 2.45) is 0 Å². The van der Waals surface area contributed by atoms with Crippen LogP contribution in [0, 0.1) is 0 Å². The summed E-state index contributed by atoms with van der Waals surface area (Å²) in [6.07, 6.45) is 0. The molecule has 1 aliphatic heterocycles. The number of para-hydroxylation sites is 1. The molecule has 4 rings (SSSR count). The first kappa shape index (κ1) is 19.4. The Morgan fingerprint density at radius 1 is 1.14 bits per heavy atom. The lowest BCUT2D eigenvalue weighted by atomic mass is 10.2. The van der Waals surface area contributed by atoms with E-state index in [-0.39, 0.29) is 18.4 Å². The molecular formula is C21H22N4O3S. The van der Waals surface area contributed by atoms with E-state index >= 15 is 0 Å². The molecule has 0 radical (unpaired) electrons. The van der Waals surface area contributed by atoms with Crippen molar-refractivity contribution < 1.29 is 14.3 Å². The number of aromatic nitrogens is 2. The highest BCUT2D eigenvalue weighted by Crippen LogP contribution is 2.26. The molecular weight excluding hydrogens is 388 g/mol. The normalized spacial score (nSPS) is 14.0. The first-order chi connectivity index (χ1) is 14.1. The lowest BCUT2D eigenvalue weighted by Crippen LogP contribution is -2.46. The number of carbonyl (C=O) groups is 2. The van der Waals surface area contributed by atoms with Gasteiger partial charge in [-0.3, -0.25) is 9.59 Å². The van der Waals surface area contributed by atoms with Crippen molar-refractivity contribution in [2.75, 3.05) is 39.9 Å². The van der Waals surface area contributed by atoms with Gasteiger partial charge < -0.3 is 14.5 Å². The number of likely N-dealkylation sites (N-methyl/N-ethyl adjacent to an activating group) is 1. The van der Waals surface area contributed by atoms with Crippen molar-refractivity contribution in [3.63, 3.8) is 0 Å². The van der Waals surface area contributed by atoms with E-state index in [1.54, 1.807) is 34.0 Å². The van der Waals surface area contributed by atoms with Crippen LogP contribution in [0.25, 0.3) is 16.3 Å². The fourth-order valence-electron chi connectivity index (χ4n) is 3.23. The maximum Gasteiger partial charge on any atom is 0.272 e. The fraction of sp³-hybridized carbons (Fsp3) is 0.286. The van der Waals surface area contributed by atoms with Gasteiger partial charge in [0.2, 0.25) is 5.91 Å². The van der Waals surface area contributed by atoms with Crippen molar-refractivity contribution in [3.8, 4) is 16.3 Å². The number of ether oxygens (including phenoxy) is 1. The second-order valence-corrected chi connectivity index (χ2v) is 7.74. The molecule has 1 aliphatic rings. The van der Waals surface area contributed by atoms with Gasteiger partial charge in [-0.15, -0.1) is 11.3 Å². The van der Waals surface area contributed by atoms with Crippen molar-refractivity contribution >= 4 is 23.2 Å². The number of hydrogen-bond acceptors (Lipinski definition) is 5. The largest absolute Gasteiger partial charge is 0.378 e. The van der Waals surface area contributed by atoms with Gasteiger partial charge in [0.1, 0.15) is 11.4 Å². The van der Waals surface area contributed by atoms with Gasteiger partial charge in [0, 0.05) is 20.1 Å². The molecule has 1 aromatic carbocycles. The molecule has 0 spiro atoms. The molecule has 29 heavy (non-hydrogen) atoms. The highest BCUT2D eigenvalue weighted by Gasteiger charge is 2.25. The summed E-state index contributed by atoms with van der Waals surface area (Å²) in [6, 6.07) is 15.3. The Balaban J connectivity index is 1.60. The topological polar surface area (TPSA) is 67.7 Å². The van der Waals surface area contributed by atoms with Crippen LogP contribution < -0.4 is 0 Å². The Morgan fingerprint density at radius 2 is 1.90 bits per heavy atom. The number of thiophene rings is 1. The van der Waals surface area contributed by atoms with Crippen LogP contribution >= 0.6 is 11.3 Å². The van der Waals surface area contributed by atoms with Crippen LogP contribution in [0.1, 0.15) is 10.5 Å². The van der Waals surface area contributed by atoms with Crippen molar-refractivity contribution in [2.45, 2.75) is 0 Å². The van der Waals surface area contributed by atoms with Crippen LogP contribution in [0.3, 0.4) is 0 Å². The Morgan fingerprint density at radius 3 is 2.59 bits per heavy atom. The molecule has 8 heteroatoms. The number of nitrogens with zero attached hydrogens (tertiary/aromatic N) is 4. The number of amides is 2. The van der Waals surface area contributed by atoms with Crippen LogP contribution in [-0.2, 0) is 9.53 Å². The smallest absolute Gasteiger partial charge is 0.272 e. The van der Waals surface area contributed by atoms with E-state index in [0.717, 1.165) is 16.3 Å². The zero-order valence-corrected chi connectivity index (χ0v) is 17.0.